The summed E-state index contributed by atoms with van der Waals surface area (Å²) in [6.45, 7) is 6.51. The highest BCUT2D eigenvalue weighted by Gasteiger charge is 2.33. The van der Waals surface area contributed by atoms with Crippen molar-refractivity contribution in [1.82, 2.24) is 19.8 Å². The van der Waals surface area contributed by atoms with Crippen molar-refractivity contribution in [2.24, 2.45) is 0 Å². The van der Waals surface area contributed by atoms with Crippen molar-refractivity contribution in [3.63, 3.8) is 0 Å². The molecule has 1 aliphatic rings. The van der Waals surface area contributed by atoms with Crippen LogP contribution in [0.1, 0.15) is 31.6 Å². The van der Waals surface area contributed by atoms with Crippen molar-refractivity contribution in [2.75, 3.05) is 19.6 Å². The van der Waals surface area contributed by atoms with E-state index in [1.54, 1.807) is 11.1 Å². The maximum absolute atomic E-state index is 12.8. The van der Waals surface area contributed by atoms with E-state index in [4.69, 9.17) is 11.6 Å². The summed E-state index contributed by atoms with van der Waals surface area (Å²) in [5.74, 6) is 0.430. The molecule has 0 saturated carbocycles. The molecule has 142 valence electrons. The number of nitrogens with one attached hydrogen (secondary N) is 1. The first-order chi connectivity index (χ1) is 13.0. The molecule has 2 aromatic rings. The summed E-state index contributed by atoms with van der Waals surface area (Å²) < 4.78 is 0. The Hall–Kier alpha value is -2.60. The molecule has 1 N–H and O–H groups in total. The molecular weight excluding hydrogens is 364 g/mol. The second kappa shape index (κ2) is 8.39. The smallest absolute Gasteiger partial charge is 0.246 e. The molecule has 0 bridgehead atoms. The number of likely N-dealkylation sites (tertiary alicyclic amines) is 1. The molecule has 1 atom stereocenters. The Labute approximate surface area is 163 Å². The first-order valence-corrected chi connectivity index (χ1v) is 9.43. The summed E-state index contributed by atoms with van der Waals surface area (Å²) in [6.07, 6.45) is 4.72. The van der Waals surface area contributed by atoms with Crippen LogP contribution in [0.25, 0.3) is 11.3 Å². The van der Waals surface area contributed by atoms with E-state index in [1.165, 1.54) is 11.0 Å². The number of carbonyl (C=O) groups excluding carboxylic acids is 2. The third-order valence-electron chi connectivity index (χ3n) is 4.84. The number of aromatic amines is 1. The Morgan fingerprint density at radius 1 is 1.44 bits per heavy atom. The Morgan fingerprint density at radius 2 is 2.22 bits per heavy atom. The van der Waals surface area contributed by atoms with Gasteiger partial charge in [-0.25, -0.2) is 4.98 Å². The summed E-state index contributed by atoms with van der Waals surface area (Å²) in [5.41, 5.74) is 1.70. The predicted octanol–water partition coefficient (Wildman–Crippen LogP) is 3.43. The Bertz CT molecular complexity index is 848. The van der Waals surface area contributed by atoms with Crippen LogP contribution in [0.4, 0.5) is 0 Å². The maximum atomic E-state index is 12.8. The fourth-order valence-corrected chi connectivity index (χ4v) is 3.64. The van der Waals surface area contributed by atoms with Gasteiger partial charge in [-0.05, 0) is 31.9 Å². The van der Waals surface area contributed by atoms with E-state index < -0.39 is 0 Å². The third-order valence-corrected chi connectivity index (χ3v) is 5.17. The Kier molecular flexibility index (Phi) is 5.96. The normalized spacial score (nSPS) is 16.4. The summed E-state index contributed by atoms with van der Waals surface area (Å²) in [7, 11) is 0. The lowest BCUT2D eigenvalue weighted by Crippen LogP contribution is -2.42. The number of nitrogens with zero attached hydrogens (tertiary/aromatic N) is 3. The monoisotopic (exact) mass is 386 g/mol. The zero-order valence-electron chi connectivity index (χ0n) is 15.3. The van der Waals surface area contributed by atoms with Crippen molar-refractivity contribution in [2.45, 2.75) is 25.8 Å². The van der Waals surface area contributed by atoms with Crippen LogP contribution in [0.15, 0.2) is 43.1 Å². The van der Waals surface area contributed by atoms with Gasteiger partial charge in [0, 0.05) is 23.7 Å². The number of imidazole rings is 1. The van der Waals surface area contributed by atoms with Crippen LogP contribution < -0.4 is 0 Å². The summed E-state index contributed by atoms with van der Waals surface area (Å²) in [6, 6.07) is 7.44. The molecule has 1 unspecified atom stereocenters. The molecule has 0 aliphatic carbocycles. The maximum Gasteiger partial charge on any atom is 0.246 e. The molecular formula is C20H23ClN4O2. The third kappa shape index (κ3) is 4.06. The van der Waals surface area contributed by atoms with Crippen LogP contribution in [0.2, 0.25) is 5.02 Å². The summed E-state index contributed by atoms with van der Waals surface area (Å²) in [5, 5.41) is 0.647. The first-order valence-electron chi connectivity index (χ1n) is 9.05. The first kappa shape index (κ1) is 19.2. The predicted molar refractivity (Wildman–Crippen MR) is 105 cm³/mol. The lowest BCUT2D eigenvalue weighted by molar-refractivity contribution is -0.138. The minimum absolute atomic E-state index is 0.0515. The zero-order valence-corrected chi connectivity index (χ0v) is 16.1. The average Bonchev–Trinajstić information content (AvgIpc) is 3.34. The topological polar surface area (TPSA) is 69.3 Å². The molecule has 0 spiro atoms. The molecule has 1 saturated heterocycles. The molecule has 2 amide bonds. The number of rotatable bonds is 6. The minimum Gasteiger partial charge on any atom is -0.340 e. The van der Waals surface area contributed by atoms with Gasteiger partial charge in [0.1, 0.15) is 12.4 Å². The van der Waals surface area contributed by atoms with Gasteiger partial charge in [0.2, 0.25) is 11.8 Å². The number of likely N-dealkylation sites (N-methyl/N-ethyl adjacent to an activating group) is 1. The van der Waals surface area contributed by atoms with E-state index >= 15 is 0 Å². The highest BCUT2D eigenvalue weighted by atomic mass is 35.5. The molecule has 0 radical (unpaired) electrons. The minimum atomic E-state index is -0.236. The fraction of sp³-hybridized carbons (Fsp3) is 0.350. The number of H-pyrrole nitrogens is 1. The van der Waals surface area contributed by atoms with Gasteiger partial charge in [0.25, 0.3) is 0 Å². The van der Waals surface area contributed by atoms with Gasteiger partial charge in [-0.3, -0.25) is 9.59 Å². The standard InChI is InChI=1S/C20H23ClN4O2/c1-3-18(26)24(4-2)13-19(27)25-11-7-10-17(25)20-22-12-16(23-20)14-8-5-6-9-15(14)21/h3,5-6,8-9,12,17H,1,4,7,10-11,13H2,2H3,(H,22,23). The second-order valence-corrected chi connectivity index (χ2v) is 6.87. The number of hydrogen-bond acceptors (Lipinski definition) is 3. The fourth-order valence-electron chi connectivity index (χ4n) is 3.40. The molecule has 1 aromatic heterocycles. The molecule has 3 rings (SSSR count). The zero-order chi connectivity index (χ0) is 19.4. The van der Waals surface area contributed by atoms with Gasteiger partial charge in [-0.2, -0.15) is 0 Å². The van der Waals surface area contributed by atoms with E-state index in [0.29, 0.717) is 18.1 Å². The Morgan fingerprint density at radius 3 is 2.93 bits per heavy atom. The molecule has 7 heteroatoms. The Balaban J connectivity index is 1.77. The van der Waals surface area contributed by atoms with E-state index in [-0.39, 0.29) is 24.4 Å². The van der Waals surface area contributed by atoms with Crippen molar-refractivity contribution in [3.05, 3.63) is 54.0 Å². The SMILES string of the molecule is C=CC(=O)N(CC)CC(=O)N1CCCC1c1ncc(-c2ccccc2Cl)[nH]1. The highest BCUT2D eigenvalue weighted by Crippen LogP contribution is 2.33. The molecule has 2 heterocycles. The van der Waals surface area contributed by atoms with Crippen LogP contribution in [0.3, 0.4) is 0 Å². The van der Waals surface area contributed by atoms with E-state index in [0.717, 1.165) is 29.9 Å². The van der Waals surface area contributed by atoms with Crippen molar-refractivity contribution in [1.29, 1.82) is 0 Å². The number of hydrogen-bond donors (Lipinski definition) is 1. The van der Waals surface area contributed by atoms with Gasteiger partial charge in [-0.15, -0.1) is 0 Å². The number of benzene rings is 1. The largest absolute Gasteiger partial charge is 0.340 e. The van der Waals surface area contributed by atoms with Crippen LogP contribution in [0.5, 0.6) is 0 Å². The van der Waals surface area contributed by atoms with Crippen molar-refractivity contribution in [3.8, 4) is 11.3 Å². The summed E-state index contributed by atoms with van der Waals surface area (Å²) in [4.78, 5) is 35.7. The van der Waals surface area contributed by atoms with E-state index in [1.807, 2.05) is 31.2 Å². The van der Waals surface area contributed by atoms with Gasteiger partial charge in [0.05, 0.1) is 17.9 Å². The molecule has 1 fully saturated rings. The quantitative estimate of drug-likeness (QED) is 0.773. The lowest BCUT2D eigenvalue weighted by atomic mass is 10.2. The van der Waals surface area contributed by atoms with Gasteiger partial charge < -0.3 is 14.8 Å². The highest BCUT2D eigenvalue weighted by molar-refractivity contribution is 6.33. The number of amides is 2. The van der Waals surface area contributed by atoms with E-state index in [2.05, 4.69) is 16.5 Å². The lowest BCUT2D eigenvalue weighted by Gasteiger charge is -2.27. The van der Waals surface area contributed by atoms with Crippen LogP contribution in [0, 0.1) is 0 Å². The van der Waals surface area contributed by atoms with E-state index in [9.17, 15) is 9.59 Å². The molecule has 1 aliphatic heterocycles. The average molecular weight is 387 g/mol. The van der Waals surface area contributed by atoms with Crippen molar-refractivity contribution >= 4 is 23.4 Å². The van der Waals surface area contributed by atoms with Gasteiger partial charge >= 0.3 is 0 Å². The molecule has 27 heavy (non-hydrogen) atoms. The number of halogens is 1. The van der Waals surface area contributed by atoms with Gasteiger partial charge in [-0.1, -0.05) is 36.4 Å². The van der Waals surface area contributed by atoms with Gasteiger partial charge in [0.15, 0.2) is 0 Å². The van der Waals surface area contributed by atoms with Crippen LogP contribution in [-0.2, 0) is 9.59 Å². The number of carbonyl (C=O) groups is 2. The second-order valence-electron chi connectivity index (χ2n) is 6.46. The van der Waals surface area contributed by atoms with Crippen LogP contribution in [-0.4, -0.2) is 51.2 Å². The summed E-state index contributed by atoms with van der Waals surface area (Å²) >= 11 is 6.27. The molecule has 6 nitrogen and oxygen atoms in total. The van der Waals surface area contributed by atoms with Crippen molar-refractivity contribution < 1.29 is 9.59 Å². The number of aromatic nitrogens is 2. The molecule has 1 aromatic carbocycles. The van der Waals surface area contributed by atoms with Crippen LogP contribution >= 0.6 is 11.6 Å².